The predicted molar refractivity (Wildman–Crippen MR) is 132 cm³/mol. The molecule has 3 rings (SSSR count). The van der Waals surface area contributed by atoms with Crippen LogP contribution in [0.15, 0.2) is 53.5 Å². The quantitative estimate of drug-likeness (QED) is 0.389. The number of carbonyl (C=O) groups excluding carboxylic acids is 2. The summed E-state index contributed by atoms with van der Waals surface area (Å²) in [5.41, 5.74) is -1.73. The second-order valence-corrected chi connectivity index (χ2v) is 9.14. The number of carboxylic acid groups (broad SMARTS) is 1. The minimum Gasteiger partial charge on any atom is -0.482 e. The fraction of sp³-hybridized carbons (Fsp3) is 0.231. The molecule has 0 atom stereocenters. The number of pyridine rings is 1. The molecular formula is C26H24F3N3O7. The second-order valence-electron chi connectivity index (χ2n) is 9.14. The van der Waals surface area contributed by atoms with Gasteiger partial charge >= 0.3 is 12.1 Å². The lowest BCUT2D eigenvalue weighted by molar-refractivity contribution is 0.0607. The number of benzene rings is 2. The van der Waals surface area contributed by atoms with E-state index in [0.717, 1.165) is 0 Å². The Hall–Kier alpha value is -4.81. The Morgan fingerprint density at radius 1 is 1.03 bits per heavy atom. The van der Waals surface area contributed by atoms with Gasteiger partial charge in [-0.05, 0) is 26.3 Å². The zero-order chi connectivity index (χ0) is 28.9. The van der Waals surface area contributed by atoms with Crippen LogP contribution in [0.2, 0.25) is 0 Å². The number of amides is 2. The highest BCUT2D eigenvalue weighted by Crippen LogP contribution is 2.19. The largest absolute Gasteiger partial charge is 0.482 e. The Kier molecular flexibility index (Phi) is 8.64. The van der Waals surface area contributed by atoms with Crippen molar-refractivity contribution in [1.29, 1.82) is 0 Å². The Bertz CT molecular complexity index is 1450. The molecule has 10 nitrogen and oxygen atoms in total. The first-order valence-electron chi connectivity index (χ1n) is 11.4. The molecule has 0 aliphatic heterocycles. The number of nitrogens with zero attached hydrogens (tertiary/aromatic N) is 1. The third kappa shape index (κ3) is 7.37. The molecule has 1 aromatic heterocycles. The molecule has 206 valence electrons. The van der Waals surface area contributed by atoms with E-state index in [9.17, 15) is 37.5 Å². The van der Waals surface area contributed by atoms with Crippen molar-refractivity contribution in [2.45, 2.75) is 39.5 Å². The van der Waals surface area contributed by atoms with Crippen molar-refractivity contribution >= 4 is 18.0 Å². The number of ether oxygens (including phenoxy) is 2. The van der Waals surface area contributed by atoms with Crippen LogP contribution in [0.3, 0.4) is 0 Å². The number of nitrogens with one attached hydrogen (secondary N) is 2. The van der Waals surface area contributed by atoms with Crippen LogP contribution in [0.5, 0.6) is 5.75 Å². The summed E-state index contributed by atoms with van der Waals surface area (Å²) in [6.45, 7) is 3.60. The molecule has 0 bridgehead atoms. The molecule has 2 amide bonds. The number of hydrogen-bond acceptors (Lipinski definition) is 6. The number of aromatic nitrogens is 1. The monoisotopic (exact) mass is 547 g/mol. The average molecular weight is 547 g/mol. The smallest absolute Gasteiger partial charge is 0.426 e. The van der Waals surface area contributed by atoms with Crippen molar-refractivity contribution in [3.05, 3.63) is 98.7 Å². The SMILES string of the molecule is CC(C)(C)OC(=O)Nn1cc(C(=O)NCc2c(F)cc(F)cc2F)c(=O)c(OCc2ccccc2)c1C(=O)O. The van der Waals surface area contributed by atoms with Gasteiger partial charge in [-0.15, -0.1) is 0 Å². The highest BCUT2D eigenvalue weighted by Gasteiger charge is 2.28. The summed E-state index contributed by atoms with van der Waals surface area (Å²) in [5.74, 6) is -7.39. The molecular weight excluding hydrogens is 523 g/mol. The van der Waals surface area contributed by atoms with Gasteiger partial charge in [0, 0.05) is 30.4 Å². The van der Waals surface area contributed by atoms with E-state index < -0.39 is 75.6 Å². The summed E-state index contributed by atoms with van der Waals surface area (Å²) < 4.78 is 52.4. The summed E-state index contributed by atoms with van der Waals surface area (Å²) in [7, 11) is 0. The Labute approximate surface area is 219 Å². The highest BCUT2D eigenvalue weighted by atomic mass is 19.1. The Morgan fingerprint density at radius 3 is 2.21 bits per heavy atom. The van der Waals surface area contributed by atoms with Crippen molar-refractivity contribution in [3.63, 3.8) is 0 Å². The number of hydrogen-bond donors (Lipinski definition) is 3. The van der Waals surface area contributed by atoms with Gasteiger partial charge < -0.3 is 19.9 Å². The van der Waals surface area contributed by atoms with E-state index in [1.807, 2.05) is 0 Å². The van der Waals surface area contributed by atoms with Gasteiger partial charge in [-0.1, -0.05) is 30.3 Å². The van der Waals surface area contributed by atoms with Gasteiger partial charge in [0.05, 0.1) is 0 Å². The second kappa shape index (κ2) is 11.7. The summed E-state index contributed by atoms with van der Waals surface area (Å²) >= 11 is 0. The number of carbonyl (C=O) groups is 3. The summed E-state index contributed by atoms with van der Waals surface area (Å²) in [6, 6.07) is 9.19. The average Bonchev–Trinajstić information content (AvgIpc) is 2.82. The lowest BCUT2D eigenvalue weighted by Gasteiger charge is -2.22. The first-order chi connectivity index (χ1) is 18.3. The summed E-state index contributed by atoms with van der Waals surface area (Å²) in [5, 5.41) is 12.0. The molecule has 13 heteroatoms. The van der Waals surface area contributed by atoms with Crippen LogP contribution in [0.25, 0.3) is 0 Å². The van der Waals surface area contributed by atoms with E-state index in [2.05, 4.69) is 10.7 Å². The number of carboxylic acids is 1. The zero-order valence-corrected chi connectivity index (χ0v) is 21.0. The molecule has 0 fully saturated rings. The molecule has 3 N–H and O–H groups in total. The number of aromatic carboxylic acids is 1. The molecule has 2 aromatic carbocycles. The molecule has 0 aliphatic carbocycles. The standard InChI is InChI=1S/C26H24F3N3O7/c1-26(2,3)39-25(37)31-32-12-17(23(34)30-11-16-18(28)9-15(27)10-19(16)29)21(33)22(20(32)24(35)36)38-13-14-7-5-4-6-8-14/h4-10,12H,11,13H2,1-3H3,(H,30,34)(H,31,37)(H,35,36). The minimum absolute atomic E-state index is 0.278. The highest BCUT2D eigenvalue weighted by molar-refractivity contribution is 5.97. The van der Waals surface area contributed by atoms with Gasteiger partial charge in [-0.3, -0.25) is 9.59 Å². The van der Waals surface area contributed by atoms with E-state index in [0.29, 0.717) is 28.6 Å². The van der Waals surface area contributed by atoms with Crippen LogP contribution < -0.4 is 20.9 Å². The van der Waals surface area contributed by atoms with Crippen molar-refractivity contribution in [2.75, 3.05) is 5.43 Å². The summed E-state index contributed by atoms with van der Waals surface area (Å²) in [4.78, 5) is 50.6. The topological polar surface area (TPSA) is 136 Å². The van der Waals surface area contributed by atoms with E-state index in [-0.39, 0.29) is 6.61 Å². The molecule has 0 saturated carbocycles. The van der Waals surface area contributed by atoms with Crippen LogP contribution in [0, 0.1) is 17.5 Å². The van der Waals surface area contributed by atoms with Crippen molar-refractivity contribution in [2.24, 2.45) is 0 Å². The minimum atomic E-state index is -1.69. The lowest BCUT2D eigenvalue weighted by atomic mass is 10.1. The fourth-order valence-corrected chi connectivity index (χ4v) is 3.31. The molecule has 0 saturated heterocycles. The lowest BCUT2D eigenvalue weighted by Crippen LogP contribution is -2.37. The van der Waals surface area contributed by atoms with E-state index in [1.54, 1.807) is 51.1 Å². The van der Waals surface area contributed by atoms with Crippen molar-refractivity contribution in [3.8, 4) is 5.75 Å². The number of halogens is 3. The van der Waals surface area contributed by atoms with E-state index in [1.165, 1.54) is 0 Å². The first kappa shape index (κ1) is 28.8. The van der Waals surface area contributed by atoms with Crippen LogP contribution in [-0.2, 0) is 17.9 Å². The Morgan fingerprint density at radius 2 is 1.64 bits per heavy atom. The van der Waals surface area contributed by atoms with Gasteiger partial charge in [0.25, 0.3) is 5.91 Å². The van der Waals surface area contributed by atoms with Crippen molar-refractivity contribution in [1.82, 2.24) is 9.99 Å². The van der Waals surface area contributed by atoms with Crippen LogP contribution in [-0.4, -0.2) is 33.4 Å². The number of rotatable bonds is 8. The zero-order valence-electron chi connectivity index (χ0n) is 21.0. The first-order valence-corrected chi connectivity index (χ1v) is 11.4. The molecule has 0 radical (unpaired) electrons. The molecule has 3 aromatic rings. The third-order valence-corrected chi connectivity index (χ3v) is 4.98. The van der Waals surface area contributed by atoms with Gasteiger partial charge in [0.15, 0.2) is 5.69 Å². The molecule has 1 heterocycles. The van der Waals surface area contributed by atoms with Crippen LogP contribution in [0.4, 0.5) is 18.0 Å². The van der Waals surface area contributed by atoms with E-state index >= 15 is 0 Å². The van der Waals surface area contributed by atoms with Gasteiger partial charge in [-0.2, -0.15) is 0 Å². The van der Waals surface area contributed by atoms with Gasteiger partial charge in [0.2, 0.25) is 11.2 Å². The maximum absolute atomic E-state index is 14.0. The van der Waals surface area contributed by atoms with Gasteiger partial charge in [0.1, 0.15) is 35.2 Å². The Balaban J connectivity index is 2.04. The molecule has 39 heavy (non-hydrogen) atoms. The maximum Gasteiger partial charge on any atom is 0.426 e. The van der Waals surface area contributed by atoms with Gasteiger partial charge in [-0.25, -0.2) is 32.9 Å². The molecule has 0 aliphatic rings. The third-order valence-electron chi connectivity index (χ3n) is 4.98. The maximum atomic E-state index is 14.0. The van der Waals surface area contributed by atoms with Crippen molar-refractivity contribution < 1.29 is 42.1 Å². The normalized spacial score (nSPS) is 11.0. The predicted octanol–water partition coefficient (Wildman–Crippen LogP) is 3.95. The molecule has 0 spiro atoms. The fourth-order valence-electron chi connectivity index (χ4n) is 3.31. The molecule has 0 unspecified atom stereocenters. The van der Waals surface area contributed by atoms with Crippen LogP contribution in [0.1, 0.15) is 52.7 Å². The summed E-state index contributed by atoms with van der Waals surface area (Å²) in [6.07, 6.45) is -0.415. The van der Waals surface area contributed by atoms with E-state index in [4.69, 9.17) is 9.47 Å². The van der Waals surface area contributed by atoms with Crippen LogP contribution >= 0.6 is 0 Å².